The van der Waals surface area contributed by atoms with Gasteiger partial charge in [-0.15, -0.1) is 0 Å². The Morgan fingerprint density at radius 1 is 0.921 bits per heavy atom. The van der Waals surface area contributed by atoms with Crippen LogP contribution in [0.15, 0.2) is 54.6 Å². The first kappa shape index (κ1) is 24.4. The van der Waals surface area contributed by atoms with Crippen molar-refractivity contribution in [2.75, 3.05) is 19.6 Å². The number of imidazole rings is 1. The van der Waals surface area contributed by atoms with Crippen molar-refractivity contribution in [3.05, 3.63) is 66.0 Å². The van der Waals surface area contributed by atoms with Gasteiger partial charge in [0.1, 0.15) is 5.82 Å². The van der Waals surface area contributed by atoms with Gasteiger partial charge in [-0.25, -0.2) is 4.98 Å². The number of piperidine rings is 2. The van der Waals surface area contributed by atoms with Crippen LogP contribution in [0.3, 0.4) is 0 Å². The molecule has 4 heterocycles. The number of likely N-dealkylation sites (tertiary alicyclic amines) is 1. The Kier molecular flexibility index (Phi) is 6.11. The molecule has 1 aliphatic carbocycles. The van der Waals surface area contributed by atoms with E-state index < -0.39 is 0 Å². The number of para-hydroxylation sites is 2. The van der Waals surface area contributed by atoms with E-state index in [0.717, 1.165) is 43.7 Å². The van der Waals surface area contributed by atoms with Crippen LogP contribution >= 0.6 is 0 Å². The lowest BCUT2D eigenvalue weighted by molar-refractivity contribution is -0.134. The number of hydrogen-bond donors (Lipinski definition) is 0. The number of carbonyl (C=O) groups excluding carboxylic acids is 1. The quantitative estimate of drug-likeness (QED) is 0.401. The highest BCUT2D eigenvalue weighted by Gasteiger charge is 2.46. The van der Waals surface area contributed by atoms with Crippen LogP contribution in [0.5, 0.6) is 0 Å². The monoisotopic (exact) mass is 510 g/mol. The van der Waals surface area contributed by atoms with E-state index in [2.05, 4.69) is 82.8 Å². The van der Waals surface area contributed by atoms with Crippen molar-refractivity contribution < 1.29 is 4.79 Å². The van der Waals surface area contributed by atoms with Crippen molar-refractivity contribution in [3.8, 4) is 0 Å². The summed E-state index contributed by atoms with van der Waals surface area (Å²) in [5, 5.41) is 0. The van der Waals surface area contributed by atoms with Gasteiger partial charge in [-0.2, -0.15) is 0 Å². The lowest BCUT2D eigenvalue weighted by Gasteiger charge is -2.45. The second-order valence-electron chi connectivity index (χ2n) is 12.8. The summed E-state index contributed by atoms with van der Waals surface area (Å²) in [4.78, 5) is 22.9. The van der Waals surface area contributed by atoms with Gasteiger partial charge in [0, 0.05) is 37.1 Å². The van der Waals surface area contributed by atoms with Crippen LogP contribution in [0.25, 0.3) is 11.0 Å². The first-order valence-electron chi connectivity index (χ1n) is 15.1. The maximum atomic E-state index is 13.0. The van der Waals surface area contributed by atoms with Crippen LogP contribution in [-0.4, -0.2) is 57.0 Å². The molecule has 3 saturated heterocycles. The molecule has 7 rings (SSSR count). The molecular weight excluding hydrogens is 468 g/mol. The molecule has 1 aromatic heterocycles. The zero-order valence-corrected chi connectivity index (χ0v) is 23.1. The van der Waals surface area contributed by atoms with Gasteiger partial charge in [0.25, 0.3) is 0 Å². The molecule has 4 aliphatic rings. The number of amides is 1. The molecule has 0 radical (unpaired) electrons. The summed E-state index contributed by atoms with van der Waals surface area (Å²) in [5.74, 6) is 2.47. The van der Waals surface area contributed by atoms with Gasteiger partial charge in [-0.05, 0) is 93.9 Å². The summed E-state index contributed by atoms with van der Waals surface area (Å²) in [6.45, 7) is 7.40. The number of hydrogen-bond acceptors (Lipinski definition) is 3. The smallest absolute Gasteiger partial charge is 0.225 e. The Morgan fingerprint density at radius 2 is 1.58 bits per heavy atom. The average Bonchev–Trinajstić information content (AvgIpc) is 3.51. The highest BCUT2D eigenvalue weighted by atomic mass is 16.2. The predicted octanol–water partition coefficient (Wildman–Crippen LogP) is 6.12. The molecule has 5 heteroatoms. The lowest BCUT2D eigenvalue weighted by atomic mass is 9.70. The maximum Gasteiger partial charge on any atom is 0.225 e. The second kappa shape index (κ2) is 9.51. The Labute approximate surface area is 227 Å². The minimum absolute atomic E-state index is 0.181. The average molecular weight is 511 g/mol. The zero-order valence-electron chi connectivity index (χ0n) is 23.1. The number of aryl methyl sites for hydroxylation is 1. The first-order chi connectivity index (χ1) is 18.5. The van der Waals surface area contributed by atoms with E-state index in [1.807, 2.05) is 0 Å². The number of aromatic nitrogens is 2. The topological polar surface area (TPSA) is 41.4 Å². The molecule has 38 heavy (non-hydrogen) atoms. The molecule has 2 bridgehead atoms. The third-order valence-corrected chi connectivity index (χ3v) is 10.7. The van der Waals surface area contributed by atoms with Gasteiger partial charge < -0.3 is 9.47 Å². The van der Waals surface area contributed by atoms with Crippen molar-refractivity contribution in [2.45, 2.75) is 88.8 Å². The van der Waals surface area contributed by atoms with Gasteiger partial charge in [-0.3, -0.25) is 9.69 Å². The fraction of sp³-hybridized carbons (Fsp3) is 0.576. The Balaban J connectivity index is 1.06. The van der Waals surface area contributed by atoms with Crippen molar-refractivity contribution in [2.24, 2.45) is 11.8 Å². The standard InChI is InChI=1S/C33H42N4O/c1-23-20-29(23)32(38)35-17-14-33(15-18-35,25-8-4-3-5-9-25)16-19-36-26-12-13-27(36)22-28(21-26)37-24(2)34-30-10-6-7-11-31(30)37/h3-11,23,26-29H,12-22H2,1-2H3/t23?,26-,27+,28+,29?. The van der Waals surface area contributed by atoms with E-state index in [1.54, 1.807) is 0 Å². The molecule has 2 aromatic carbocycles. The number of carbonyl (C=O) groups is 1. The molecule has 2 unspecified atom stereocenters. The number of benzene rings is 2. The molecule has 5 atom stereocenters. The summed E-state index contributed by atoms with van der Waals surface area (Å²) in [6, 6.07) is 21.8. The van der Waals surface area contributed by atoms with Gasteiger partial charge in [0.2, 0.25) is 5.91 Å². The first-order valence-corrected chi connectivity index (χ1v) is 15.1. The second-order valence-corrected chi connectivity index (χ2v) is 12.8. The molecular formula is C33H42N4O. The normalized spacial score (nSPS) is 30.6. The zero-order chi connectivity index (χ0) is 25.9. The van der Waals surface area contributed by atoms with Crippen LogP contribution in [0.1, 0.15) is 75.7 Å². The number of rotatable bonds is 6. The van der Waals surface area contributed by atoms with Gasteiger partial charge in [-0.1, -0.05) is 49.4 Å². The largest absolute Gasteiger partial charge is 0.342 e. The van der Waals surface area contributed by atoms with Crippen LogP contribution in [-0.2, 0) is 10.2 Å². The van der Waals surface area contributed by atoms with Crippen molar-refractivity contribution in [3.63, 3.8) is 0 Å². The molecule has 0 spiro atoms. The van der Waals surface area contributed by atoms with E-state index in [1.165, 1.54) is 49.7 Å². The summed E-state index contributed by atoms with van der Waals surface area (Å²) in [7, 11) is 0. The maximum absolute atomic E-state index is 13.0. The van der Waals surface area contributed by atoms with E-state index >= 15 is 0 Å². The van der Waals surface area contributed by atoms with Gasteiger partial charge >= 0.3 is 0 Å². The molecule has 4 fully saturated rings. The van der Waals surface area contributed by atoms with Gasteiger partial charge in [0.05, 0.1) is 11.0 Å². The summed E-state index contributed by atoms with van der Waals surface area (Å²) >= 11 is 0. The third-order valence-electron chi connectivity index (χ3n) is 10.7. The lowest BCUT2D eigenvalue weighted by Crippen LogP contribution is -2.49. The van der Waals surface area contributed by atoms with E-state index in [0.29, 0.717) is 35.9 Å². The number of nitrogens with zero attached hydrogens (tertiary/aromatic N) is 4. The number of fused-ring (bicyclic) bond motifs is 3. The third kappa shape index (κ3) is 4.18. The predicted molar refractivity (Wildman–Crippen MR) is 152 cm³/mol. The van der Waals surface area contributed by atoms with Crippen LogP contribution in [0, 0.1) is 18.8 Å². The highest BCUT2D eigenvalue weighted by Crippen LogP contribution is 2.46. The molecule has 1 saturated carbocycles. The SMILES string of the molecule is Cc1nc2ccccc2n1[C@H]1C[C@H]2CC[C@@H](C1)N2CCC1(c2ccccc2)CCN(C(=O)C2CC2C)CC1. The summed E-state index contributed by atoms with van der Waals surface area (Å²) in [5.41, 5.74) is 4.09. The minimum atomic E-state index is 0.181. The van der Waals surface area contributed by atoms with Crippen molar-refractivity contribution >= 4 is 16.9 Å². The van der Waals surface area contributed by atoms with Crippen molar-refractivity contribution in [1.82, 2.24) is 19.4 Å². The van der Waals surface area contributed by atoms with E-state index in [-0.39, 0.29) is 5.41 Å². The van der Waals surface area contributed by atoms with Crippen LogP contribution in [0.2, 0.25) is 0 Å². The molecule has 3 aromatic rings. The Bertz CT molecular complexity index is 1290. The van der Waals surface area contributed by atoms with Gasteiger partial charge in [0.15, 0.2) is 0 Å². The van der Waals surface area contributed by atoms with Crippen LogP contribution < -0.4 is 0 Å². The molecule has 3 aliphatic heterocycles. The minimum Gasteiger partial charge on any atom is -0.342 e. The van der Waals surface area contributed by atoms with Crippen LogP contribution in [0.4, 0.5) is 0 Å². The molecule has 200 valence electrons. The summed E-state index contributed by atoms with van der Waals surface area (Å²) < 4.78 is 2.54. The van der Waals surface area contributed by atoms with E-state index in [9.17, 15) is 4.79 Å². The molecule has 0 N–H and O–H groups in total. The summed E-state index contributed by atoms with van der Waals surface area (Å²) in [6.07, 6.45) is 9.59. The fourth-order valence-corrected chi connectivity index (χ4v) is 8.32. The highest BCUT2D eigenvalue weighted by molar-refractivity contribution is 5.81. The van der Waals surface area contributed by atoms with Crippen molar-refractivity contribution in [1.29, 1.82) is 0 Å². The fourth-order valence-electron chi connectivity index (χ4n) is 8.32. The molecule has 1 amide bonds. The van der Waals surface area contributed by atoms with E-state index in [4.69, 9.17) is 4.98 Å². The molecule has 5 nitrogen and oxygen atoms in total. The Morgan fingerprint density at radius 3 is 2.26 bits per heavy atom. The Hall–Kier alpha value is -2.66.